The molecule has 2 heterocycles. The van der Waals surface area contributed by atoms with Gasteiger partial charge in [0.25, 0.3) is 11.8 Å². The summed E-state index contributed by atoms with van der Waals surface area (Å²) >= 11 is 0. The van der Waals surface area contributed by atoms with Crippen molar-refractivity contribution in [2.75, 3.05) is 11.9 Å². The summed E-state index contributed by atoms with van der Waals surface area (Å²) < 4.78 is 1.95. The quantitative estimate of drug-likeness (QED) is 0.468. The fraction of sp³-hybridized carbons (Fsp3) is 0.200. The highest BCUT2D eigenvalue weighted by molar-refractivity contribution is 6.25. The molecule has 160 valence electrons. The Kier molecular flexibility index (Phi) is 4.93. The fourth-order valence-corrected chi connectivity index (χ4v) is 4.36. The van der Waals surface area contributed by atoms with Crippen LogP contribution in [0.25, 0.3) is 21.8 Å². The molecule has 0 fully saturated rings. The molecule has 0 bridgehead atoms. The molecule has 0 atom stereocenters. The minimum absolute atomic E-state index is 0.176. The van der Waals surface area contributed by atoms with Gasteiger partial charge in [0.2, 0.25) is 11.9 Å². The Bertz CT molecular complexity index is 1340. The van der Waals surface area contributed by atoms with Gasteiger partial charge in [0, 0.05) is 36.0 Å². The first-order valence-electron chi connectivity index (χ1n) is 10.7. The van der Waals surface area contributed by atoms with Gasteiger partial charge < -0.3 is 4.57 Å². The van der Waals surface area contributed by atoms with E-state index in [0.717, 1.165) is 16.4 Å². The number of imidazole rings is 1. The third-order valence-electron chi connectivity index (χ3n) is 5.86. The van der Waals surface area contributed by atoms with Crippen molar-refractivity contribution < 1.29 is 14.4 Å². The van der Waals surface area contributed by atoms with Crippen LogP contribution in [0, 0.1) is 0 Å². The first-order chi connectivity index (χ1) is 15.6. The first kappa shape index (κ1) is 19.9. The van der Waals surface area contributed by atoms with Crippen LogP contribution in [0.15, 0.2) is 60.7 Å². The Labute approximate surface area is 184 Å². The van der Waals surface area contributed by atoms with Crippen molar-refractivity contribution >= 4 is 45.5 Å². The number of para-hydroxylation sites is 2. The molecular formula is C25H22N4O3. The van der Waals surface area contributed by atoms with Gasteiger partial charge in [0.15, 0.2) is 0 Å². The normalized spacial score (nSPS) is 13.2. The van der Waals surface area contributed by atoms with Gasteiger partial charge in [-0.15, -0.1) is 0 Å². The van der Waals surface area contributed by atoms with E-state index in [2.05, 4.69) is 10.3 Å². The second-order valence-electron chi connectivity index (χ2n) is 7.79. The summed E-state index contributed by atoms with van der Waals surface area (Å²) in [4.78, 5) is 44.2. The van der Waals surface area contributed by atoms with E-state index in [4.69, 9.17) is 0 Å². The van der Waals surface area contributed by atoms with E-state index in [0.29, 0.717) is 35.4 Å². The molecule has 7 heteroatoms. The van der Waals surface area contributed by atoms with E-state index in [-0.39, 0.29) is 30.7 Å². The van der Waals surface area contributed by atoms with Crippen LogP contribution in [-0.4, -0.2) is 38.7 Å². The van der Waals surface area contributed by atoms with Crippen LogP contribution in [0.3, 0.4) is 0 Å². The molecule has 3 aromatic carbocycles. The number of anilines is 1. The summed E-state index contributed by atoms with van der Waals surface area (Å²) in [6, 6.07) is 18.6. The third-order valence-corrected chi connectivity index (χ3v) is 5.86. The van der Waals surface area contributed by atoms with Crippen molar-refractivity contribution in [1.29, 1.82) is 0 Å². The zero-order valence-electron chi connectivity index (χ0n) is 17.7. The van der Waals surface area contributed by atoms with E-state index in [1.807, 2.05) is 60.0 Å². The molecule has 0 radical (unpaired) electrons. The number of aryl methyl sites for hydroxylation is 1. The molecule has 1 N–H and O–H groups in total. The molecule has 0 saturated heterocycles. The molecule has 0 unspecified atom stereocenters. The zero-order valence-corrected chi connectivity index (χ0v) is 17.7. The van der Waals surface area contributed by atoms with Crippen LogP contribution in [0.4, 0.5) is 5.95 Å². The Morgan fingerprint density at radius 3 is 2.31 bits per heavy atom. The number of carbonyl (C=O) groups excluding carboxylic acids is 3. The summed E-state index contributed by atoms with van der Waals surface area (Å²) in [7, 11) is 0. The fourth-order valence-electron chi connectivity index (χ4n) is 4.36. The highest BCUT2D eigenvalue weighted by atomic mass is 16.2. The second kappa shape index (κ2) is 7.92. The number of fused-ring (bicyclic) bond motifs is 1. The van der Waals surface area contributed by atoms with Gasteiger partial charge >= 0.3 is 0 Å². The molecule has 1 aromatic heterocycles. The van der Waals surface area contributed by atoms with E-state index < -0.39 is 0 Å². The average molecular weight is 426 g/mol. The molecule has 1 aliphatic rings. The number of nitrogens with one attached hydrogen (secondary N) is 1. The van der Waals surface area contributed by atoms with Crippen LogP contribution in [0.5, 0.6) is 0 Å². The zero-order chi connectivity index (χ0) is 22.2. The molecule has 7 nitrogen and oxygen atoms in total. The third kappa shape index (κ3) is 3.22. The number of nitrogens with zero attached hydrogens (tertiary/aromatic N) is 3. The van der Waals surface area contributed by atoms with Crippen LogP contribution in [0.1, 0.15) is 40.5 Å². The SMILES string of the molecule is CCn1c(NC(=O)CCCN2C(=O)c3cccc4cccc(c34)C2=O)nc2ccccc21. The molecule has 0 saturated carbocycles. The number of hydrogen-bond acceptors (Lipinski definition) is 4. The molecule has 0 aliphatic carbocycles. The second-order valence-corrected chi connectivity index (χ2v) is 7.79. The van der Waals surface area contributed by atoms with Gasteiger partial charge in [-0.25, -0.2) is 4.98 Å². The molecule has 0 spiro atoms. The minimum atomic E-state index is -0.313. The van der Waals surface area contributed by atoms with Crippen molar-refractivity contribution in [2.45, 2.75) is 26.3 Å². The van der Waals surface area contributed by atoms with Crippen molar-refractivity contribution in [3.63, 3.8) is 0 Å². The van der Waals surface area contributed by atoms with E-state index in [9.17, 15) is 14.4 Å². The van der Waals surface area contributed by atoms with Crippen molar-refractivity contribution in [1.82, 2.24) is 14.5 Å². The number of hydrogen-bond donors (Lipinski definition) is 1. The van der Waals surface area contributed by atoms with Gasteiger partial charge in [-0.3, -0.25) is 24.6 Å². The highest BCUT2D eigenvalue weighted by Crippen LogP contribution is 2.30. The van der Waals surface area contributed by atoms with Crippen LogP contribution < -0.4 is 5.32 Å². The van der Waals surface area contributed by atoms with Gasteiger partial charge in [-0.1, -0.05) is 36.4 Å². The first-order valence-corrected chi connectivity index (χ1v) is 10.7. The number of imide groups is 1. The maximum absolute atomic E-state index is 13.0. The maximum atomic E-state index is 13.0. The van der Waals surface area contributed by atoms with Crippen molar-refractivity contribution in [2.24, 2.45) is 0 Å². The van der Waals surface area contributed by atoms with Crippen LogP contribution in [-0.2, 0) is 11.3 Å². The lowest BCUT2D eigenvalue weighted by Crippen LogP contribution is -2.41. The number of carbonyl (C=O) groups is 3. The van der Waals surface area contributed by atoms with E-state index in [1.54, 1.807) is 12.1 Å². The number of benzene rings is 3. The topological polar surface area (TPSA) is 84.3 Å². The monoisotopic (exact) mass is 426 g/mol. The van der Waals surface area contributed by atoms with Crippen molar-refractivity contribution in [3.8, 4) is 0 Å². The van der Waals surface area contributed by atoms with Crippen LogP contribution in [0.2, 0.25) is 0 Å². The summed E-state index contributed by atoms with van der Waals surface area (Å²) in [5.74, 6) is -0.321. The predicted molar refractivity (Wildman–Crippen MR) is 123 cm³/mol. The summed E-state index contributed by atoms with van der Waals surface area (Å²) in [6.45, 7) is 2.85. The summed E-state index contributed by atoms with van der Waals surface area (Å²) in [5, 5.41) is 4.45. The maximum Gasteiger partial charge on any atom is 0.261 e. The van der Waals surface area contributed by atoms with E-state index >= 15 is 0 Å². The molecule has 4 aromatic rings. The lowest BCUT2D eigenvalue weighted by molar-refractivity contribution is -0.116. The number of aromatic nitrogens is 2. The Balaban J connectivity index is 1.27. The van der Waals surface area contributed by atoms with Gasteiger partial charge in [-0.2, -0.15) is 0 Å². The molecule has 1 aliphatic heterocycles. The minimum Gasteiger partial charge on any atom is -0.310 e. The number of rotatable bonds is 6. The Morgan fingerprint density at radius 2 is 1.62 bits per heavy atom. The molecule has 5 rings (SSSR count). The predicted octanol–water partition coefficient (Wildman–Crippen LogP) is 4.22. The van der Waals surface area contributed by atoms with Gasteiger partial charge in [-0.05, 0) is 43.0 Å². The number of amides is 3. The summed E-state index contributed by atoms with van der Waals surface area (Å²) in [6.07, 6.45) is 0.545. The molecule has 3 amide bonds. The molecule has 32 heavy (non-hydrogen) atoms. The largest absolute Gasteiger partial charge is 0.310 e. The lowest BCUT2D eigenvalue weighted by Gasteiger charge is -2.27. The van der Waals surface area contributed by atoms with Gasteiger partial charge in [0.1, 0.15) is 0 Å². The smallest absolute Gasteiger partial charge is 0.261 e. The van der Waals surface area contributed by atoms with Crippen LogP contribution >= 0.6 is 0 Å². The van der Waals surface area contributed by atoms with E-state index in [1.165, 1.54) is 4.90 Å². The Hall–Kier alpha value is -4.00. The van der Waals surface area contributed by atoms with Crippen molar-refractivity contribution in [3.05, 3.63) is 71.8 Å². The summed E-state index contributed by atoms with van der Waals surface area (Å²) in [5.41, 5.74) is 2.84. The Morgan fingerprint density at radius 1 is 0.938 bits per heavy atom. The standard InChI is InChI=1S/C25H22N4O3/c1-2-28-20-13-4-3-12-19(20)26-25(28)27-21(30)14-7-15-29-23(31)17-10-5-8-16-9-6-11-18(22(16)17)24(29)32/h3-6,8-13H,2,7,14-15H2,1H3,(H,26,27,30). The highest BCUT2D eigenvalue weighted by Gasteiger charge is 2.32. The molecular weight excluding hydrogens is 404 g/mol. The average Bonchev–Trinajstić information content (AvgIpc) is 3.16. The lowest BCUT2D eigenvalue weighted by atomic mass is 9.94. The van der Waals surface area contributed by atoms with Gasteiger partial charge in [0.05, 0.1) is 11.0 Å².